The smallest absolute Gasteiger partial charge is 0.260 e. The maximum absolute atomic E-state index is 12.2. The molecule has 6 heteroatoms. The summed E-state index contributed by atoms with van der Waals surface area (Å²) in [5.41, 5.74) is 6.63. The van der Waals surface area contributed by atoms with Gasteiger partial charge in [0.15, 0.2) is 6.61 Å². The van der Waals surface area contributed by atoms with Crippen LogP contribution < -0.4 is 10.5 Å². The van der Waals surface area contributed by atoms with E-state index in [-0.39, 0.29) is 12.5 Å². The van der Waals surface area contributed by atoms with Crippen LogP contribution in [-0.4, -0.2) is 30.5 Å². The molecule has 0 bridgehead atoms. The van der Waals surface area contributed by atoms with E-state index in [1.165, 1.54) is 12.8 Å². The molecule has 0 saturated carbocycles. The number of nitrogens with two attached hydrogens (primary N) is 1. The van der Waals surface area contributed by atoms with Crippen LogP contribution in [0.25, 0.3) is 0 Å². The van der Waals surface area contributed by atoms with Crippen LogP contribution in [0.4, 0.5) is 0 Å². The van der Waals surface area contributed by atoms with Crippen molar-refractivity contribution in [3.05, 3.63) is 26.6 Å². The van der Waals surface area contributed by atoms with E-state index >= 15 is 0 Å². The van der Waals surface area contributed by atoms with Gasteiger partial charge in [0.05, 0.1) is 8.95 Å². The molecule has 1 aromatic carbocycles. The van der Waals surface area contributed by atoms with Gasteiger partial charge >= 0.3 is 0 Å². The fraction of sp³-hybridized carbons (Fsp3) is 0.533. The molecule has 1 fully saturated rings. The molecule has 116 valence electrons. The van der Waals surface area contributed by atoms with Crippen molar-refractivity contribution in [3.8, 4) is 5.75 Å². The van der Waals surface area contributed by atoms with Crippen LogP contribution in [0, 0.1) is 0 Å². The molecule has 1 heterocycles. The summed E-state index contributed by atoms with van der Waals surface area (Å²) < 4.78 is 7.31. The highest BCUT2D eigenvalue weighted by Gasteiger charge is 2.17. The number of benzene rings is 1. The Morgan fingerprint density at radius 1 is 1.14 bits per heavy atom. The molecule has 1 amide bonds. The third-order valence-corrected chi connectivity index (χ3v) is 4.77. The summed E-state index contributed by atoms with van der Waals surface area (Å²) in [6.07, 6.45) is 4.60. The molecular formula is C15H20Br2N2O2. The number of carbonyl (C=O) groups excluding carboxylic acids is 1. The summed E-state index contributed by atoms with van der Waals surface area (Å²) in [5.74, 6) is 0.703. The Bertz CT molecular complexity index is 477. The molecule has 1 aliphatic rings. The number of rotatable bonds is 4. The Kier molecular flexibility index (Phi) is 6.51. The molecule has 1 saturated heterocycles. The summed E-state index contributed by atoms with van der Waals surface area (Å²) in [4.78, 5) is 14.1. The highest BCUT2D eigenvalue weighted by molar-refractivity contribution is 9.11. The lowest BCUT2D eigenvalue weighted by molar-refractivity contribution is -0.133. The minimum atomic E-state index is 0.0543. The number of halogens is 2. The first-order valence-electron chi connectivity index (χ1n) is 7.20. The van der Waals surface area contributed by atoms with Gasteiger partial charge in [-0.05, 0) is 62.4 Å². The Morgan fingerprint density at radius 2 is 1.71 bits per heavy atom. The summed E-state index contributed by atoms with van der Waals surface area (Å²) in [5, 5.41) is 0. The summed E-state index contributed by atoms with van der Waals surface area (Å²) >= 11 is 6.92. The number of nitrogens with zero attached hydrogens (tertiary/aromatic N) is 1. The second kappa shape index (κ2) is 8.15. The monoisotopic (exact) mass is 418 g/mol. The minimum Gasteiger partial charge on any atom is -0.481 e. The van der Waals surface area contributed by atoms with Crippen molar-refractivity contribution >= 4 is 37.8 Å². The highest BCUT2D eigenvalue weighted by atomic mass is 79.9. The van der Waals surface area contributed by atoms with Gasteiger partial charge in [0.2, 0.25) is 0 Å². The molecule has 0 aliphatic carbocycles. The fourth-order valence-electron chi connectivity index (χ4n) is 2.41. The summed E-state index contributed by atoms with van der Waals surface area (Å²) in [7, 11) is 0. The topological polar surface area (TPSA) is 55.6 Å². The third kappa shape index (κ3) is 4.69. The lowest BCUT2D eigenvalue weighted by Crippen LogP contribution is -2.35. The van der Waals surface area contributed by atoms with Crippen molar-refractivity contribution in [1.82, 2.24) is 4.90 Å². The molecule has 4 nitrogen and oxygen atoms in total. The first-order chi connectivity index (χ1) is 10.1. The van der Waals surface area contributed by atoms with Crippen LogP contribution in [0.2, 0.25) is 0 Å². The van der Waals surface area contributed by atoms with Gasteiger partial charge in [0, 0.05) is 19.6 Å². The molecule has 1 aromatic rings. The zero-order valence-corrected chi connectivity index (χ0v) is 15.1. The van der Waals surface area contributed by atoms with Gasteiger partial charge in [0.1, 0.15) is 5.75 Å². The second-order valence-corrected chi connectivity index (χ2v) is 6.89. The van der Waals surface area contributed by atoms with Crippen LogP contribution >= 0.6 is 31.9 Å². The predicted molar refractivity (Wildman–Crippen MR) is 90.3 cm³/mol. The first kappa shape index (κ1) is 16.8. The molecular weight excluding hydrogens is 400 g/mol. The van der Waals surface area contributed by atoms with Crippen LogP contribution in [0.1, 0.15) is 31.2 Å². The lowest BCUT2D eigenvalue weighted by atomic mass is 10.2. The number of likely N-dealkylation sites (tertiary alicyclic amines) is 1. The van der Waals surface area contributed by atoms with E-state index in [2.05, 4.69) is 31.9 Å². The van der Waals surface area contributed by atoms with Crippen molar-refractivity contribution < 1.29 is 9.53 Å². The van der Waals surface area contributed by atoms with Crippen molar-refractivity contribution in [2.24, 2.45) is 5.73 Å². The standard InChI is InChI=1S/C15H20Br2N2O2/c16-12-7-11(9-18)8-13(17)15(12)21-10-14(20)19-5-3-1-2-4-6-19/h7-8H,1-6,9-10,18H2. The van der Waals surface area contributed by atoms with Crippen molar-refractivity contribution in [1.29, 1.82) is 0 Å². The van der Waals surface area contributed by atoms with Crippen LogP contribution in [0.3, 0.4) is 0 Å². The zero-order valence-electron chi connectivity index (χ0n) is 11.9. The van der Waals surface area contributed by atoms with Gasteiger partial charge in [-0.1, -0.05) is 12.8 Å². The predicted octanol–water partition coefficient (Wildman–Crippen LogP) is 3.45. The average molecular weight is 420 g/mol. The minimum absolute atomic E-state index is 0.0543. The van der Waals surface area contributed by atoms with Crippen molar-refractivity contribution in [3.63, 3.8) is 0 Å². The first-order valence-corrected chi connectivity index (χ1v) is 8.79. The highest BCUT2D eigenvalue weighted by Crippen LogP contribution is 2.34. The fourth-order valence-corrected chi connectivity index (χ4v) is 3.92. The third-order valence-electron chi connectivity index (χ3n) is 3.59. The molecule has 0 spiro atoms. The normalized spacial score (nSPS) is 15.7. The van der Waals surface area contributed by atoms with Gasteiger partial charge in [-0.3, -0.25) is 4.79 Å². The number of hydrogen-bond acceptors (Lipinski definition) is 3. The molecule has 0 unspecified atom stereocenters. The Labute approximate surface area is 142 Å². The summed E-state index contributed by atoms with van der Waals surface area (Å²) in [6.45, 7) is 2.22. The molecule has 2 N–H and O–H groups in total. The lowest BCUT2D eigenvalue weighted by Gasteiger charge is -2.21. The van der Waals surface area contributed by atoms with Gasteiger partial charge in [-0.15, -0.1) is 0 Å². The van der Waals surface area contributed by atoms with Gasteiger partial charge in [0.25, 0.3) is 5.91 Å². The summed E-state index contributed by atoms with van der Waals surface area (Å²) in [6, 6.07) is 3.83. The maximum Gasteiger partial charge on any atom is 0.260 e. The largest absolute Gasteiger partial charge is 0.481 e. The van der Waals surface area contributed by atoms with E-state index in [9.17, 15) is 4.79 Å². The van der Waals surface area contributed by atoms with Crippen LogP contribution in [-0.2, 0) is 11.3 Å². The molecule has 0 atom stereocenters. The van der Waals surface area contributed by atoms with E-state index in [0.29, 0.717) is 12.3 Å². The van der Waals surface area contributed by atoms with E-state index < -0.39 is 0 Å². The quantitative estimate of drug-likeness (QED) is 0.812. The zero-order chi connectivity index (χ0) is 15.2. The molecule has 0 aromatic heterocycles. The molecule has 21 heavy (non-hydrogen) atoms. The van der Waals surface area contributed by atoms with Crippen molar-refractivity contribution in [2.45, 2.75) is 32.2 Å². The number of carbonyl (C=O) groups is 1. The molecule has 2 rings (SSSR count). The molecule has 0 radical (unpaired) electrons. The van der Waals surface area contributed by atoms with Gasteiger partial charge < -0.3 is 15.4 Å². The van der Waals surface area contributed by atoms with E-state index in [1.807, 2.05) is 17.0 Å². The Balaban J connectivity index is 1.97. The maximum atomic E-state index is 12.2. The Hall–Kier alpha value is -0.590. The number of hydrogen-bond donors (Lipinski definition) is 1. The van der Waals surface area contributed by atoms with E-state index in [4.69, 9.17) is 10.5 Å². The second-order valence-electron chi connectivity index (χ2n) is 5.18. The van der Waals surface area contributed by atoms with Crippen LogP contribution in [0.5, 0.6) is 5.75 Å². The Morgan fingerprint density at radius 3 is 2.24 bits per heavy atom. The van der Waals surface area contributed by atoms with Gasteiger partial charge in [-0.2, -0.15) is 0 Å². The van der Waals surface area contributed by atoms with Crippen molar-refractivity contribution in [2.75, 3.05) is 19.7 Å². The molecule has 1 aliphatic heterocycles. The van der Waals surface area contributed by atoms with E-state index in [1.54, 1.807) is 0 Å². The number of amides is 1. The number of ether oxygens (including phenoxy) is 1. The van der Waals surface area contributed by atoms with Gasteiger partial charge in [-0.25, -0.2) is 0 Å². The SMILES string of the molecule is NCc1cc(Br)c(OCC(=O)N2CCCCCC2)c(Br)c1. The average Bonchev–Trinajstić information content (AvgIpc) is 2.75. The van der Waals surface area contributed by atoms with E-state index in [0.717, 1.165) is 40.4 Å². The van der Waals surface area contributed by atoms with Crippen LogP contribution in [0.15, 0.2) is 21.1 Å².